The molecule has 0 bridgehead atoms. The highest BCUT2D eigenvalue weighted by molar-refractivity contribution is 6.30. The summed E-state index contributed by atoms with van der Waals surface area (Å²) in [5.41, 5.74) is 1.21. The van der Waals surface area contributed by atoms with Crippen molar-refractivity contribution in [3.05, 3.63) is 57.0 Å². The maximum atomic E-state index is 13.3. The van der Waals surface area contributed by atoms with E-state index in [-0.39, 0.29) is 10.6 Å². The Morgan fingerprint density at radius 3 is 2.88 bits per heavy atom. The molecule has 0 spiro atoms. The van der Waals surface area contributed by atoms with E-state index in [2.05, 4.69) is 15.1 Å². The Hall–Kier alpha value is -2.21. The van der Waals surface area contributed by atoms with Gasteiger partial charge in [0.2, 0.25) is 0 Å². The highest BCUT2D eigenvalue weighted by atomic mass is 35.5. The first-order chi connectivity index (χ1) is 11.6. The molecule has 24 heavy (non-hydrogen) atoms. The average Bonchev–Trinajstić information content (AvgIpc) is 3.20. The van der Waals surface area contributed by atoms with Crippen LogP contribution in [0, 0.1) is 5.82 Å². The van der Waals surface area contributed by atoms with Crippen molar-refractivity contribution in [2.45, 2.75) is 38.1 Å². The van der Waals surface area contributed by atoms with E-state index in [9.17, 15) is 9.18 Å². The van der Waals surface area contributed by atoms with Crippen LogP contribution in [0.4, 0.5) is 4.39 Å². The number of halogens is 2. The van der Waals surface area contributed by atoms with Gasteiger partial charge in [0, 0.05) is 6.42 Å². The second kappa shape index (κ2) is 6.02. The Bertz CT molecular complexity index is 959. The average molecular weight is 347 g/mol. The minimum Gasteiger partial charge on any atom is -0.310 e. The molecule has 1 fully saturated rings. The number of aromatic amines is 1. The SMILES string of the molecule is O=c1[nH]c(Cc2ccc(F)c(Cl)c2)nc2c1cnn2C1CCCC1. The molecule has 0 unspecified atom stereocenters. The summed E-state index contributed by atoms with van der Waals surface area (Å²) in [6, 6.07) is 4.82. The van der Waals surface area contributed by atoms with Crippen LogP contribution < -0.4 is 5.56 Å². The molecule has 1 N–H and O–H groups in total. The third-order valence-corrected chi connectivity index (χ3v) is 4.83. The topological polar surface area (TPSA) is 63.6 Å². The zero-order valence-corrected chi connectivity index (χ0v) is 13.7. The second-order valence-electron chi connectivity index (χ2n) is 6.20. The zero-order valence-electron chi connectivity index (χ0n) is 12.9. The van der Waals surface area contributed by atoms with Crippen LogP contribution >= 0.6 is 11.6 Å². The highest BCUT2D eigenvalue weighted by Crippen LogP contribution is 2.30. The fourth-order valence-corrected chi connectivity index (χ4v) is 3.53. The van der Waals surface area contributed by atoms with E-state index < -0.39 is 5.82 Å². The van der Waals surface area contributed by atoms with Gasteiger partial charge >= 0.3 is 0 Å². The molecule has 4 rings (SSSR count). The van der Waals surface area contributed by atoms with Crippen LogP contribution in [0.5, 0.6) is 0 Å². The Labute approximate surface area is 142 Å². The zero-order chi connectivity index (χ0) is 16.7. The largest absolute Gasteiger partial charge is 0.310 e. The summed E-state index contributed by atoms with van der Waals surface area (Å²) >= 11 is 5.82. The quantitative estimate of drug-likeness (QED) is 0.787. The number of benzene rings is 1. The molecular formula is C17H16ClFN4O. The van der Waals surface area contributed by atoms with E-state index in [1.807, 2.05) is 4.68 Å². The summed E-state index contributed by atoms with van der Waals surface area (Å²) in [7, 11) is 0. The molecular weight excluding hydrogens is 331 g/mol. The summed E-state index contributed by atoms with van der Waals surface area (Å²) in [6.45, 7) is 0. The molecule has 0 saturated heterocycles. The lowest BCUT2D eigenvalue weighted by molar-refractivity contribution is 0.478. The third kappa shape index (κ3) is 2.71. The van der Waals surface area contributed by atoms with Gasteiger partial charge in [-0.25, -0.2) is 14.1 Å². The second-order valence-corrected chi connectivity index (χ2v) is 6.61. The number of H-pyrrole nitrogens is 1. The summed E-state index contributed by atoms with van der Waals surface area (Å²) < 4.78 is 15.2. The Morgan fingerprint density at radius 2 is 2.12 bits per heavy atom. The number of nitrogens with zero attached hydrogens (tertiary/aromatic N) is 3. The first-order valence-electron chi connectivity index (χ1n) is 8.02. The van der Waals surface area contributed by atoms with Gasteiger partial charge in [-0.3, -0.25) is 4.79 Å². The van der Waals surface area contributed by atoms with E-state index in [4.69, 9.17) is 11.6 Å². The molecule has 1 aliphatic carbocycles. The maximum absolute atomic E-state index is 13.3. The lowest BCUT2D eigenvalue weighted by atomic mass is 10.1. The molecule has 124 valence electrons. The number of rotatable bonds is 3. The van der Waals surface area contributed by atoms with Gasteiger partial charge in [-0.05, 0) is 30.5 Å². The van der Waals surface area contributed by atoms with Crippen molar-refractivity contribution in [1.82, 2.24) is 19.7 Å². The van der Waals surface area contributed by atoms with Crippen molar-refractivity contribution in [1.29, 1.82) is 0 Å². The fourth-order valence-electron chi connectivity index (χ4n) is 3.32. The fraction of sp³-hybridized carbons (Fsp3) is 0.353. The Morgan fingerprint density at radius 1 is 1.33 bits per heavy atom. The van der Waals surface area contributed by atoms with Crippen LogP contribution in [-0.4, -0.2) is 19.7 Å². The Balaban J connectivity index is 1.74. The molecule has 0 amide bonds. The molecule has 0 aliphatic heterocycles. The van der Waals surface area contributed by atoms with Crippen LogP contribution in [0.2, 0.25) is 5.02 Å². The molecule has 3 aromatic rings. The van der Waals surface area contributed by atoms with Crippen LogP contribution in [0.15, 0.2) is 29.2 Å². The summed E-state index contributed by atoms with van der Waals surface area (Å²) in [4.78, 5) is 19.7. The van der Waals surface area contributed by atoms with Gasteiger partial charge in [-0.15, -0.1) is 0 Å². The van der Waals surface area contributed by atoms with E-state index in [1.165, 1.54) is 18.9 Å². The standard InChI is InChI=1S/C17H16ClFN4O/c18-13-7-10(5-6-14(13)19)8-15-21-16-12(17(24)22-15)9-20-23(16)11-3-1-2-4-11/h5-7,9,11H,1-4,8H2,(H,21,22,24). The molecule has 1 saturated carbocycles. The van der Waals surface area contributed by atoms with Crippen molar-refractivity contribution in [2.75, 3.05) is 0 Å². The van der Waals surface area contributed by atoms with Crippen molar-refractivity contribution >= 4 is 22.6 Å². The molecule has 1 aliphatic rings. The van der Waals surface area contributed by atoms with E-state index in [1.54, 1.807) is 18.3 Å². The van der Waals surface area contributed by atoms with E-state index in [0.717, 1.165) is 18.4 Å². The summed E-state index contributed by atoms with van der Waals surface area (Å²) in [6.07, 6.45) is 6.44. The van der Waals surface area contributed by atoms with E-state index >= 15 is 0 Å². The number of aromatic nitrogens is 4. The molecule has 7 heteroatoms. The van der Waals surface area contributed by atoms with Crippen molar-refractivity contribution in [3.8, 4) is 0 Å². The summed E-state index contributed by atoms with van der Waals surface area (Å²) in [5, 5.41) is 4.94. The lowest BCUT2D eigenvalue weighted by Gasteiger charge is -2.11. The smallest absolute Gasteiger partial charge is 0.262 e. The number of hydrogen-bond donors (Lipinski definition) is 1. The van der Waals surface area contributed by atoms with Gasteiger partial charge in [0.1, 0.15) is 17.0 Å². The van der Waals surface area contributed by atoms with Gasteiger partial charge in [0.25, 0.3) is 5.56 Å². The van der Waals surface area contributed by atoms with Gasteiger partial charge in [0.05, 0.1) is 17.3 Å². The van der Waals surface area contributed by atoms with Gasteiger partial charge in [-0.2, -0.15) is 5.10 Å². The highest BCUT2D eigenvalue weighted by Gasteiger charge is 2.21. The van der Waals surface area contributed by atoms with Crippen LogP contribution in [0.1, 0.15) is 43.1 Å². The number of hydrogen-bond acceptors (Lipinski definition) is 3. The molecule has 0 atom stereocenters. The van der Waals surface area contributed by atoms with Crippen molar-refractivity contribution < 1.29 is 4.39 Å². The van der Waals surface area contributed by atoms with Gasteiger partial charge in [0.15, 0.2) is 5.65 Å². The van der Waals surface area contributed by atoms with Crippen LogP contribution in [0.3, 0.4) is 0 Å². The predicted octanol–water partition coefficient (Wildman–Crippen LogP) is 3.62. The normalized spacial score (nSPS) is 15.4. The van der Waals surface area contributed by atoms with E-state index in [0.29, 0.717) is 29.3 Å². The molecule has 0 radical (unpaired) electrons. The number of fused-ring (bicyclic) bond motifs is 1. The first-order valence-corrected chi connectivity index (χ1v) is 8.40. The third-order valence-electron chi connectivity index (χ3n) is 4.54. The first kappa shape index (κ1) is 15.3. The summed E-state index contributed by atoms with van der Waals surface area (Å²) in [5.74, 6) is 0.0616. The lowest BCUT2D eigenvalue weighted by Crippen LogP contribution is -2.14. The maximum Gasteiger partial charge on any atom is 0.262 e. The minimum atomic E-state index is -0.461. The van der Waals surface area contributed by atoms with Crippen LogP contribution in [-0.2, 0) is 6.42 Å². The van der Waals surface area contributed by atoms with Gasteiger partial charge < -0.3 is 4.98 Å². The molecule has 2 aromatic heterocycles. The number of nitrogens with one attached hydrogen (secondary N) is 1. The monoisotopic (exact) mass is 346 g/mol. The van der Waals surface area contributed by atoms with Crippen LogP contribution in [0.25, 0.3) is 11.0 Å². The van der Waals surface area contributed by atoms with Crippen molar-refractivity contribution in [3.63, 3.8) is 0 Å². The molecule has 2 heterocycles. The van der Waals surface area contributed by atoms with Crippen molar-refractivity contribution in [2.24, 2.45) is 0 Å². The Kier molecular flexibility index (Phi) is 3.84. The van der Waals surface area contributed by atoms with Gasteiger partial charge in [-0.1, -0.05) is 30.5 Å². The molecule has 5 nitrogen and oxygen atoms in total. The minimum absolute atomic E-state index is 0.0620. The predicted molar refractivity (Wildman–Crippen MR) is 89.9 cm³/mol. The molecule has 1 aromatic carbocycles.